The van der Waals surface area contributed by atoms with Crippen LogP contribution >= 0.6 is 0 Å². The van der Waals surface area contributed by atoms with Gasteiger partial charge in [0.15, 0.2) is 5.82 Å². The van der Waals surface area contributed by atoms with Gasteiger partial charge in [0, 0.05) is 31.3 Å². The van der Waals surface area contributed by atoms with E-state index >= 15 is 0 Å². The third-order valence-corrected chi connectivity index (χ3v) is 6.33. The van der Waals surface area contributed by atoms with Crippen molar-refractivity contribution in [1.82, 2.24) is 30.1 Å². The number of benzene rings is 2. The molecule has 0 aliphatic rings. The summed E-state index contributed by atoms with van der Waals surface area (Å²) in [7, 11) is 1.66. The zero-order chi connectivity index (χ0) is 24.1. The van der Waals surface area contributed by atoms with Gasteiger partial charge >= 0.3 is 0 Å². The minimum absolute atomic E-state index is 0.0670. The van der Waals surface area contributed by atoms with Gasteiger partial charge in [-0.1, -0.05) is 37.3 Å². The van der Waals surface area contributed by atoms with Gasteiger partial charge in [-0.15, -0.1) is 5.10 Å². The first kappa shape index (κ1) is 23.8. The lowest BCUT2D eigenvalue weighted by Crippen LogP contribution is -2.32. The van der Waals surface area contributed by atoms with Gasteiger partial charge in [0.2, 0.25) is 0 Å². The molecule has 0 saturated heterocycles. The molecule has 4 aromatic rings. The predicted molar refractivity (Wildman–Crippen MR) is 132 cm³/mol. The van der Waals surface area contributed by atoms with E-state index in [4.69, 9.17) is 4.74 Å². The van der Waals surface area contributed by atoms with Crippen molar-refractivity contribution in [2.24, 2.45) is 0 Å². The van der Waals surface area contributed by atoms with E-state index in [0.29, 0.717) is 26.2 Å². The molecule has 0 fully saturated rings. The second kappa shape index (κ2) is 10.7. The molecule has 0 aliphatic carbocycles. The standard InChI is InChI=1S/C26H32N6O2/c1-5-24(25-28-29-30-32(25)11-12-34-4)31(16-20-9-7-6-8-10-20)17-22-15-21-13-18(2)19(3)14-23(21)27-26(22)33/h6-10,13-15,24H,5,11-12,16-17H2,1-4H3,(H,27,33)/t24-/m0/s1. The highest BCUT2D eigenvalue weighted by Gasteiger charge is 2.26. The van der Waals surface area contributed by atoms with E-state index < -0.39 is 0 Å². The first-order valence-electron chi connectivity index (χ1n) is 11.7. The Bertz CT molecular complexity index is 1300. The van der Waals surface area contributed by atoms with Crippen molar-refractivity contribution >= 4 is 10.9 Å². The van der Waals surface area contributed by atoms with E-state index in [1.165, 1.54) is 11.1 Å². The van der Waals surface area contributed by atoms with Gasteiger partial charge in [0.25, 0.3) is 5.56 Å². The highest BCUT2D eigenvalue weighted by atomic mass is 16.5. The Balaban J connectivity index is 1.73. The monoisotopic (exact) mass is 460 g/mol. The number of H-pyrrole nitrogens is 1. The number of nitrogens with one attached hydrogen (secondary N) is 1. The van der Waals surface area contributed by atoms with Crippen molar-refractivity contribution in [2.75, 3.05) is 13.7 Å². The normalized spacial score (nSPS) is 12.5. The molecular formula is C26H32N6O2. The average molecular weight is 461 g/mol. The maximum atomic E-state index is 13.1. The fourth-order valence-electron chi connectivity index (χ4n) is 4.34. The van der Waals surface area contributed by atoms with Crippen molar-refractivity contribution in [3.05, 3.63) is 87.0 Å². The lowest BCUT2D eigenvalue weighted by molar-refractivity contribution is 0.151. The van der Waals surface area contributed by atoms with Crippen LogP contribution in [0.2, 0.25) is 0 Å². The van der Waals surface area contributed by atoms with Crippen LogP contribution in [0.1, 0.15) is 47.5 Å². The first-order valence-corrected chi connectivity index (χ1v) is 11.7. The second-order valence-electron chi connectivity index (χ2n) is 8.72. The van der Waals surface area contributed by atoms with Gasteiger partial charge < -0.3 is 9.72 Å². The van der Waals surface area contributed by atoms with Crippen LogP contribution in [-0.2, 0) is 24.4 Å². The number of methoxy groups -OCH3 is 1. The van der Waals surface area contributed by atoms with Crippen LogP contribution in [-0.4, -0.2) is 43.8 Å². The molecule has 4 rings (SSSR count). The number of hydrogen-bond donors (Lipinski definition) is 1. The molecule has 2 aromatic heterocycles. The van der Waals surface area contributed by atoms with Crippen LogP contribution < -0.4 is 5.56 Å². The summed E-state index contributed by atoms with van der Waals surface area (Å²) in [5, 5.41) is 13.5. The number of hydrogen-bond acceptors (Lipinski definition) is 6. The van der Waals surface area contributed by atoms with Gasteiger partial charge in [0.1, 0.15) is 0 Å². The summed E-state index contributed by atoms with van der Waals surface area (Å²) in [6, 6.07) is 16.4. The van der Waals surface area contributed by atoms with Crippen molar-refractivity contribution in [3.63, 3.8) is 0 Å². The molecule has 2 heterocycles. The quantitative estimate of drug-likeness (QED) is 0.386. The van der Waals surface area contributed by atoms with Gasteiger partial charge in [0.05, 0.1) is 19.2 Å². The molecule has 0 saturated carbocycles. The molecular weight excluding hydrogens is 428 g/mol. The molecule has 34 heavy (non-hydrogen) atoms. The molecule has 0 unspecified atom stereocenters. The number of tetrazole rings is 1. The number of ether oxygens (including phenoxy) is 1. The maximum Gasteiger partial charge on any atom is 0.252 e. The molecule has 0 aliphatic heterocycles. The smallest absolute Gasteiger partial charge is 0.252 e. The summed E-state index contributed by atoms with van der Waals surface area (Å²) in [6.45, 7) is 8.51. The Kier molecular flexibility index (Phi) is 7.49. The number of pyridine rings is 1. The van der Waals surface area contributed by atoms with E-state index in [1.807, 2.05) is 30.3 Å². The predicted octanol–water partition coefficient (Wildman–Crippen LogP) is 3.93. The average Bonchev–Trinajstić information content (AvgIpc) is 3.29. The molecule has 178 valence electrons. The van der Waals surface area contributed by atoms with Crippen LogP contribution in [0.25, 0.3) is 10.9 Å². The molecule has 0 amide bonds. The van der Waals surface area contributed by atoms with Gasteiger partial charge in [-0.2, -0.15) is 0 Å². The Labute approximate surface area is 199 Å². The highest BCUT2D eigenvalue weighted by Crippen LogP contribution is 2.27. The summed E-state index contributed by atoms with van der Waals surface area (Å²) < 4.78 is 7.03. The fraction of sp³-hybridized carbons (Fsp3) is 0.385. The van der Waals surface area contributed by atoms with E-state index in [1.54, 1.807) is 11.8 Å². The van der Waals surface area contributed by atoms with E-state index in [9.17, 15) is 4.79 Å². The lowest BCUT2D eigenvalue weighted by Gasteiger charge is -2.30. The molecule has 0 bridgehead atoms. The zero-order valence-electron chi connectivity index (χ0n) is 20.3. The number of aromatic amines is 1. The molecule has 8 nitrogen and oxygen atoms in total. The van der Waals surface area contributed by atoms with Crippen LogP contribution in [0.3, 0.4) is 0 Å². The molecule has 0 spiro atoms. The maximum absolute atomic E-state index is 13.1. The molecule has 1 atom stereocenters. The van der Waals surface area contributed by atoms with Crippen LogP contribution in [0, 0.1) is 13.8 Å². The van der Waals surface area contributed by atoms with Gasteiger partial charge in [-0.25, -0.2) is 4.68 Å². The summed E-state index contributed by atoms with van der Waals surface area (Å²) >= 11 is 0. The van der Waals surface area contributed by atoms with Crippen molar-refractivity contribution in [2.45, 2.75) is 52.9 Å². The third kappa shape index (κ3) is 5.24. The van der Waals surface area contributed by atoms with Crippen LogP contribution in [0.4, 0.5) is 0 Å². The Hall–Kier alpha value is -3.36. The zero-order valence-corrected chi connectivity index (χ0v) is 20.3. The first-order chi connectivity index (χ1) is 16.5. The molecule has 1 N–H and O–H groups in total. The molecule has 2 aromatic carbocycles. The summed E-state index contributed by atoms with van der Waals surface area (Å²) in [4.78, 5) is 18.4. The largest absolute Gasteiger partial charge is 0.383 e. The van der Waals surface area contributed by atoms with E-state index in [-0.39, 0.29) is 11.6 Å². The minimum atomic E-state index is -0.0677. The Morgan fingerprint density at radius 2 is 1.85 bits per heavy atom. The van der Waals surface area contributed by atoms with Gasteiger partial charge in [-0.05, 0) is 71.0 Å². The van der Waals surface area contributed by atoms with Crippen molar-refractivity contribution in [1.29, 1.82) is 0 Å². The number of aryl methyl sites for hydroxylation is 2. The highest BCUT2D eigenvalue weighted by molar-refractivity contribution is 5.80. The van der Waals surface area contributed by atoms with Crippen molar-refractivity contribution in [3.8, 4) is 0 Å². The SMILES string of the molecule is CC[C@@H](c1nnnn1CCOC)N(Cc1ccccc1)Cc1cc2cc(C)c(C)cc2[nH]c1=O. The topological polar surface area (TPSA) is 88.9 Å². The lowest BCUT2D eigenvalue weighted by atomic mass is 10.0. The fourth-order valence-corrected chi connectivity index (χ4v) is 4.34. The molecule has 0 radical (unpaired) electrons. The van der Waals surface area contributed by atoms with Gasteiger partial charge in [-0.3, -0.25) is 9.69 Å². The Morgan fingerprint density at radius 1 is 1.09 bits per heavy atom. The minimum Gasteiger partial charge on any atom is -0.383 e. The summed E-state index contributed by atoms with van der Waals surface area (Å²) in [5.74, 6) is 0.777. The number of fused-ring (bicyclic) bond motifs is 1. The van der Waals surface area contributed by atoms with E-state index in [0.717, 1.165) is 34.3 Å². The summed E-state index contributed by atoms with van der Waals surface area (Å²) in [5.41, 5.74) is 5.05. The second-order valence-corrected chi connectivity index (χ2v) is 8.72. The number of nitrogens with zero attached hydrogens (tertiary/aromatic N) is 5. The number of aromatic nitrogens is 5. The molecule has 8 heteroatoms. The van der Waals surface area contributed by atoms with Crippen LogP contribution in [0.15, 0.2) is 53.3 Å². The van der Waals surface area contributed by atoms with Crippen LogP contribution in [0.5, 0.6) is 0 Å². The summed E-state index contributed by atoms with van der Waals surface area (Å²) in [6.07, 6.45) is 0.796. The Morgan fingerprint density at radius 3 is 2.59 bits per heavy atom. The van der Waals surface area contributed by atoms with E-state index in [2.05, 4.69) is 64.4 Å². The van der Waals surface area contributed by atoms with Crippen molar-refractivity contribution < 1.29 is 4.74 Å². The number of rotatable bonds is 10. The third-order valence-electron chi connectivity index (χ3n) is 6.33.